The summed E-state index contributed by atoms with van der Waals surface area (Å²) in [6.45, 7) is 10.8. The van der Waals surface area contributed by atoms with Gasteiger partial charge in [0, 0.05) is 13.0 Å². The van der Waals surface area contributed by atoms with Crippen molar-refractivity contribution in [1.82, 2.24) is 15.5 Å². The van der Waals surface area contributed by atoms with Crippen LogP contribution in [0.15, 0.2) is 79.9 Å². The first-order chi connectivity index (χ1) is 21.1. The minimum Gasteiger partial charge on any atom is -0.462 e. The topological polar surface area (TPSA) is 134 Å². The molecule has 0 aromatic heterocycles. The van der Waals surface area contributed by atoms with E-state index in [-0.39, 0.29) is 56.9 Å². The predicted octanol–water partition coefficient (Wildman–Crippen LogP) is 3.82. The molecule has 0 aliphatic carbocycles. The lowest BCUT2D eigenvalue weighted by Gasteiger charge is -2.37. The largest absolute Gasteiger partial charge is 0.462 e. The summed E-state index contributed by atoms with van der Waals surface area (Å²) < 4.78 is 10.7. The van der Waals surface area contributed by atoms with Gasteiger partial charge in [-0.15, -0.1) is 13.2 Å². The molecule has 2 aromatic rings. The number of hydrogen-bond acceptors (Lipinski definition) is 7. The van der Waals surface area contributed by atoms with Gasteiger partial charge in [-0.05, 0) is 49.8 Å². The number of alkyl carbamates (subject to hydrolysis) is 1. The minimum atomic E-state index is -1.03. The van der Waals surface area contributed by atoms with Crippen molar-refractivity contribution in [2.45, 2.75) is 70.3 Å². The van der Waals surface area contributed by atoms with Gasteiger partial charge >= 0.3 is 12.1 Å². The van der Waals surface area contributed by atoms with Crippen LogP contribution >= 0.6 is 0 Å². The highest BCUT2D eigenvalue weighted by molar-refractivity contribution is 5.87. The first-order valence-electron chi connectivity index (χ1n) is 14.7. The Labute approximate surface area is 259 Å². The fraction of sp³-hybridized carbons (Fsp3) is 0.412. The van der Waals surface area contributed by atoms with E-state index >= 15 is 0 Å². The molecule has 44 heavy (non-hydrogen) atoms. The quantitative estimate of drug-likeness (QED) is 0.208. The molecule has 3 atom stereocenters. The summed E-state index contributed by atoms with van der Waals surface area (Å²) in [6, 6.07) is 15.5. The van der Waals surface area contributed by atoms with Crippen LogP contribution in [0.5, 0.6) is 0 Å². The Morgan fingerprint density at radius 2 is 1.66 bits per heavy atom. The van der Waals surface area contributed by atoms with E-state index in [9.17, 15) is 24.3 Å². The van der Waals surface area contributed by atoms with Crippen LogP contribution in [-0.2, 0) is 43.4 Å². The molecule has 1 aliphatic rings. The molecule has 0 spiro atoms. The number of aliphatic hydroxyl groups is 1. The second kappa shape index (κ2) is 16.4. The van der Waals surface area contributed by atoms with Crippen molar-refractivity contribution < 1.29 is 33.8 Å². The van der Waals surface area contributed by atoms with Gasteiger partial charge in [-0.25, -0.2) is 9.59 Å². The number of amides is 3. The van der Waals surface area contributed by atoms with E-state index in [0.717, 1.165) is 16.7 Å². The highest BCUT2D eigenvalue weighted by Crippen LogP contribution is 2.25. The third-order valence-corrected chi connectivity index (χ3v) is 7.36. The number of ether oxygens (including phenoxy) is 2. The Bertz CT molecular complexity index is 1310. The standard InChI is InChI=1S/C34H43N3O7/c1-5-12-26(19-30(39)37-20-27-17-11-10-16-25(27)18-28(37)21-38)31(40)36-34(3,4)23-44-32(41)29(13-6-2)35-33(42)43-22-24-14-8-7-9-15-24/h5-11,14-17,26,28-29,38H,1-2,12-13,18-23H2,3-4H3,(H,35,42)(H,36,40). The second-order valence-electron chi connectivity index (χ2n) is 11.5. The molecule has 1 heterocycles. The van der Waals surface area contributed by atoms with Crippen LogP contribution in [0.25, 0.3) is 0 Å². The maximum absolute atomic E-state index is 13.4. The van der Waals surface area contributed by atoms with Gasteiger partial charge in [-0.3, -0.25) is 9.59 Å². The number of fused-ring (bicyclic) bond motifs is 1. The summed E-state index contributed by atoms with van der Waals surface area (Å²) in [5.74, 6) is -2.03. The number of benzene rings is 2. The SMILES string of the molecule is C=CCC(CC(=O)N1Cc2ccccc2CC1CO)C(=O)NC(C)(C)COC(=O)C(CC=C)NC(=O)OCc1ccccc1. The summed E-state index contributed by atoms with van der Waals surface area (Å²) in [7, 11) is 0. The number of nitrogens with one attached hydrogen (secondary N) is 2. The molecular weight excluding hydrogens is 562 g/mol. The zero-order valence-electron chi connectivity index (χ0n) is 25.5. The summed E-state index contributed by atoms with van der Waals surface area (Å²) in [6.07, 6.45) is 3.15. The van der Waals surface area contributed by atoms with Crippen LogP contribution in [0.2, 0.25) is 0 Å². The first kappa shape index (κ1) is 34.1. The molecule has 0 saturated heterocycles. The average Bonchev–Trinajstić information content (AvgIpc) is 3.01. The van der Waals surface area contributed by atoms with Crippen molar-refractivity contribution in [1.29, 1.82) is 0 Å². The van der Waals surface area contributed by atoms with Crippen molar-refractivity contribution in [2.24, 2.45) is 5.92 Å². The monoisotopic (exact) mass is 605 g/mol. The molecule has 0 bridgehead atoms. The van der Waals surface area contributed by atoms with E-state index in [4.69, 9.17) is 9.47 Å². The number of rotatable bonds is 15. The highest BCUT2D eigenvalue weighted by Gasteiger charge is 2.34. The van der Waals surface area contributed by atoms with E-state index < -0.39 is 29.6 Å². The number of esters is 1. The number of aliphatic hydroxyl groups excluding tert-OH is 1. The number of allylic oxidation sites excluding steroid dienone is 1. The van der Waals surface area contributed by atoms with Crippen molar-refractivity contribution >= 4 is 23.9 Å². The number of hydrogen-bond donors (Lipinski definition) is 3. The van der Waals surface area contributed by atoms with Gasteiger partial charge in [0.05, 0.1) is 24.1 Å². The third-order valence-electron chi connectivity index (χ3n) is 7.36. The normalized spacial score (nSPS) is 15.6. The van der Waals surface area contributed by atoms with Gasteiger partial charge in [-0.2, -0.15) is 0 Å². The second-order valence-corrected chi connectivity index (χ2v) is 11.5. The Kier molecular flexibility index (Phi) is 12.7. The zero-order valence-corrected chi connectivity index (χ0v) is 25.5. The van der Waals surface area contributed by atoms with Crippen LogP contribution in [-0.4, -0.2) is 64.7 Å². The molecule has 2 aromatic carbocycles. The summed E-state index contributed by atoms with van der Waals surface area (Å²) in [5.41, 5.74) is 1.93. The summed E-state index contributed by atoms with van der Waals surface area (Å²) in [5, 5.41) is 15.3. The van der Waals surface area contributed by atoms with E-state index in [1.807, 2.05) is 54.6 Å². The molecule has 3 rings (SSSR count). The molecule has 0 fully saturated rings. The molecule has 10 nitrogen and oxygen atoms in total. The zero-order chi connectivity index (χ0) is 32.1. The van der Waals surface area contributed by atoms with Crippen molar-refractivity contribution in [3.63, 3.8) is 0 Å². The predicted molar refractivity (Wildman–Crippen MR) is 166 cm³/mol. The fourth-order valence-electron chi connectivity index (χ4n) is 4.97. The summed E-state index contributed by atoms with van der Waals surface area (Å²) in [4.78, 5) is 53.5. The van der Waals surface area contributed by atoms with E-state index in [1.54, 1.807) is 24.8 Å². The molecule has 10 heteroatoms. The van der Waals surface area contributed by atoms with Gasteiger partial charge in [0.15, 0.2) is 0 Å². The molecule has 3 unspecified atom stereocenters. The fourth-order valence-corrected chi connectivity index (χ4v) is 4.97. The Morgan fingerprint density at radius 1 is 1.00 bits per heavy atom. The lowest BCUT2D eigenvalue weighted by Crippen LogP contribution is -2.52. The molecule has 3 N–H and O–H groups in total. The Morgan fingerprint density at radius 3 is 2.32 bits per heavy atom. The van der Waals surface area contributed by atoms with Crippen molar-refractivity contribution in [3.8, 4) is 0 Å². The van der Waals surface area contributed by atoms with Crippen LogP contribution in [0, 0.1) is 5.92 Å². The minimum absolute atomic E-state index is 0.0433. The van der Waals surface area contributed by atoms with Crippen LogP contribution in [0.3, 0.4) is 0 Å². The number of carbonyl (C=O) groups excluding carboxylic acids is 4. The van der Waals surface area contributed by atoms with Gasteiger partial charge < -0.3 is 30.1 Å². The number of carbonyl (C=O) groups is 4. The van der Waals surface area contributed by atoms with Gasteiger partial charge in [0.2, 0.25) is 11.8 Å². The van der Waals surface area contributed by atoms with Crippen LogP contribution in [0.1, 0.15) is 49.8 Å². The maximum Gasteiger partial charge on any atom is 0.408 e. The highest BCUT2D eigenvalue weighted by atomic mass is 16.6. The van der Waals surface area contributed by atoms with E-state index in [2.05, 4.69) is 23.8 Å². The van der Waals surface area contributed by atoms with E-state index in [1.165, 1.54) is 6.08 Å². The van der Waals surface area contributed by atoms with Crippen molar-refractivity contribution in [3.05, 3.63) is 96.6 Å². The lowest BCUT2D eigenvalue weighted by molar-refractivity contribution is -0.149. The average molecular weight is 606 g/mol. The molecule has 1 aliphatic heterocycles. The van der Waals surface area contributed by atoms with Crippen LogP contribution in [0.4, 0.5) is 4.79 Å². The summed E-state index contributed by atoms with van der Waals surface area (Å²) >= 11 is 0. The number of nitrogens with zero attached hydrogens (tertiary/aromatic N) is 1. The van der Waals surface area contributed by atoms with Gasteiger partial charge in [0.25, 0.3) is 0 Å². The molecule has 236 valence electrons. The molecule has 3 amide bonds. The third kappa shape index (κ3) is 10.1. The molecule has 0 saturated carbocycles. The Hall–Kier alpha value is -4.44. The Balaban J connectivity index is 1.55. The molecular formula is C34H43N3O7. The van der Waals surface area contributed by atoms with E-state index in [0.29, 0.717) is 13.0 Å². The van der Waals surface area contributed by atoms with Gasteiger partial charge in [0.1, 0.15) is 19.3 Å². The first-order valence-corrected chi connectivity index (χ1v) is 14.7. The lowest BCUT2D eigenvalue weighted by atomic mass is 9.92. The van der Waals surface area contributed by atoms with Crippen LogP contribution < -0.4 is 10.6 Å². The smallest absolute Gasteiger partial charge is 0.408 e. The van der Waals surface area contributed by atoms with Gasteiger partial charge in [-0.1, -0.05) is 66.7 Å². The molecule has 0 radical (unpaired) electrons. The maximum atomic E-state index is 13.4. The van der Waals surface area contributed by atoms with Crippen molar-refractivity contribution in [2.75, 3.05) is 13.2 Å².